The largest absolute Gasteiger partial charge is 0.393 e. The van der Waals surface area contributed by atoms with Crippen molar-refractivity contribution in [3.05, 3.63) is 11.6 Å². The third kappa shape index (κ3) is 3.45. The molecule has 0 saturated heterocycles. The number of aliphatic hydroxyl groups excluding tert-OH is 1. The summed E-state index contributed by atoms with van der Waals surface area (Å²) < 4.78 is 0. The summed E-state index contributed by atoms with van der Waals surface area (Å²) in [6.45, 7) is 17.4. The van der Waals surface area contributed by atoms with E-state index in [0.29, 0.717) is 22.7 Å². The highest BCUT2D eigenvalue weighted by Gasteiger charge is 2.59. The zero-order chi connectivity index (χ0) is 21.8. The van der Waals surface area contributed by atoms with Crippen LogP contribution < -0.4 is 0 Å². The van der Waals surface area contributed by atoms with Crippen molar-refractivity contribution >= 4 is 0 Å². The zero-order valence-electron chi connectivity index (χ0n) is 21.1. The van der Waals surface area contributed by atoms with E-state index >= 15 is 0 Å². The average Bonchev–Trinajstić information content (AvgIpc) is 3.06. The summed E-state index contributed by atoms with van der Waals surface area (Å²) in [7, 11) is 0. The van der Waals surface area contributed by atoms with Crippen LogP contribution in [0.1, 0.15) is 106 Å². The van der Waals surface area contributed by atoms with Gasteiger partial charge >= 0.3 is 0 Å². The fourth-order valence-corrected chi connectivity index (χ4v) is 9.47. The van der Waals surface area contributed by atoms with Crippen LogP contribution in [0.3, 0.4) is 0 Å². The number of hydrogen-bond donors (Lipinski definition) is 1. The van der Waals surface area contributed by atoms with Gasteiger partial charge in [-0.25, -0.2) is 0 Å². The smallest absolute Gasteiger partial charge is 0.0568 e. The molecule has 1 heteroatoms. The van der Waals surface area contributed by atoms with Gasteiger partial charge in [0, 0.05) is 0 Å². The van der Waals surface area contributed by atoms with Gasteiger partial charge in [-0.1, -0.05) is 66.5 Å². The molecule has 0 spiro atoms. The van der Waals surface area contributed by atoms with Gasteiger partial charge in [0.2, 0.25) is 0 Å². The maximum absolute atomic E-state index is 10.5. The first kappa shape index (κ1) is 22.9. The van der Waals surface area contributed by atoms with Gasteiger partial charge in [-0.3, -0.25) is 0 Å². The normalized spacial score (nSPS) is 47.8. The minimum atomic E-state index is -0.0731. The maximum Gasteiger partial charge on any atom is 0.0568 e. The molecule has 3 saturated carbocycles. The molecule has 1 nitrogen and oxygen atoms in total. The predicted molar refractivity (Wildman–Crippen MR) is 128 cm³/mol. The third-order valence-corrected chi connectivity index (χ3v) is 11.5. The minimum absolute atomic E-state index is 0.0731. The van der Waals surface area contributed by atoms with Crippen LogP contribution >= 0.6 is 0 Å². The van der Waals surface area contributed by atoms with Gasteiger partial charge in [-0.15, -0.1) is 0 Å². The number of allylic oxidation sites excluding steroid dienone is 2. The van der Waals surface area contributed by atoms with Crippen LogP contribution in [-0.2, 0) is 0 Å². The lowest BCUT2D eigenvalue weighted by molar-refractivity contribution is -0.0775. The van der Waals surface area contributed by atoms with Crippen molar-refractivity contribution in [3.8, 4) is 0 Å². The molecule has 172 valence electrons. The number of fused-ring (bicyclic) bond motifs is 5. The Morgan fingerprint density at radius 2 is 1.67 bits per heavy atom. The summed E-state index contributed by atoms with van der Waals surface area (Å²) >= 11 is 0. The Hall–Kier alpha value is -0.300. The van der Waals surface area contributed by atoms with E-state index < -0.39 is 0 Å². The second-order valence-electron chi connectivity index (χ2n) is 13.0. The zero-order valence-corrected chi connectivity index (χ0v) is 21.1. The number of rotatable bonds is 5. The first-order valence-corrected chi connectivity index (χ1v) is 13.5. The lowest BCUT2D eigenvalue weighted by atomic mass is 9.46. The first-order valence-electron chi connectivity index (χ1n) is 13.5. The SMILES string of the molecule is CCC(CC(C)C1CCC2C3=CCC4C(C)C(O)CCC4(C)C3CCC21C)C(C)C. The summed E-state index contributed by atoms with van der Waals surface area (Å²) in [6, 6.07) is 0. The van der Waals surface area contributed by atoms with Crippen molar-refractivity contribution < 1.29 is 5.11 Å². The highest BCUT2D eigenvalue weighted by molar-refractivity contribution is 5.28. The van der Waals surface area contributed by atoms with Gasteiger partial charge in [0.15, 0.2) is 0 Å². The molecule has 4 aliphatic carbocycles. The fourth-order valence-electron chi connectivity index (χ4n) is 9.47. The highest BCUT2D eigenvalue weighted by atomic mass is 16.3. The van der Waals surface area contributed by atoms with Crippen LogP contribution in [0.25, 0.3) is 0 Å². The van der Waals surface area contributed by atoms with Crippen molar-refractivity contribution in [2.75, 3.05) is 0 Å². The van der Waals surface area contributed by atoms with Gasteiger partial charge < -0.3 is 5.11 Å². The molecule has 0 aromatic heterocycles. The van der Waals surface area contributed by atoms with Gasteiger partial charge in [0.05, 0.1) is 6.10 Å². The third-order valence-electron chi connectivity index (χ3n) is 11.5. The van der Waals surface area contributed by atoms with Crippen molar-refractivity contribution in [1.82, 2.24) is 0 Å². The maximum atomic E-state index is 10.5. The molecule has 0 amide bonds. The lowest BCUT2D eigenvalue weighted by Crippen LogP contribution is -2.52. The van der Waals surface area contributed by atoms with Gasteiger partial charge in [0.25, 0.3) is 0 Å². The summed E-state index contributed by atoms with van der Waals surface area (Å²) in [4.78, 5) is 0. The average molecular weight is 415 g/mol. The number of aliphatic hydroxyl groups is 1. The molecule has 0 radical (unpaired) electrons. The van der Waals surface area contributed by atoms with Crippen LogP contribution in [0.4, 0.5) is 0 Å². The van der Waals surface area contributed by atoms with Crippen molar-refractivity contribution in [2.24, 2.45) is 58.2 Å². The molecular weight excluding hydrogens is 364 g/mol. The minimum Gasteiger partial charge on any atom is -0.393 e. The highest BCUT2D eigenvalue weighted by Crippen LogP contribution is 2.67. The van der Waals surface area contributed by atoms with E-state index in [1.807, 2.05) is 5.57 Å². The van der Waals surface area contributed by atoms with E-state index in [0.717, 1.165) is 41.9 Å². The van der Waals surface area contributed by atoms with E-state index in [2.05, 4.69) is 54.5 Å². The molecule has 10 unspecified atom stereocenters. The van der Waals surface area contributed by atoms with E-state index in [9.17, 15) is 5.11 Å². The topological polar surface area (TPSA) is 20.2 Å². The Balaban J connectivity index is 1.56. The number of hydrogen-bond acceptors (Lipinski definition) is 1. The van der Waals surface area contributed by atoms with Crippen molar-refractivity contribution in [1.29, 1.82) is 0 Å². The molecule has 0 aromatic rings. The molecule has 3 fully saturated rings. The Morgan fingerprint density at radius 1 is 1.00 bits per heavy atom. The van der Waals surface area contributed by atoms with E-state index in [1.165, 1.54) is 51.4 Å². The molecule has 0 aliphatic heterocycles. The first-order chi connectivity index (χ1) is 14.1. The quantitative estimate of drug-likeness (QED) is 0.454. The van der Waals surface area contributed by atoms with Gasteiger partial charge in [-0.2, -0.15) is 0 Å². The lowest BCUT2D eigenvalue weighted by Gasteiger charge is -2.59. The van der Waals surface area contributed by atoms with E-state index in [-0.39, 0.29) is 6.10 Å². The van der Waals surface area contributed by atoms with E-state index in [4.69, 9.17) is 0 Å². The molecule has 4 aliphatic rings. The molecule has 0 bridgehead atoms. The molecule has 4 rings (SSSR count). The Kier molecular flexibility index (Phi) is 6.28. The second kappa shape index (κ2) is 8.24. The monoisotopic (exact) mass is 414 g/mol. The molecule has 30 heavy (non-hydrogen) atoms. The Bertz CT molecular complexity index is 649. The summed E-state index contributed by atoms with van der Waals surface area (Å²) in [5, 5.41) is 10.5. The van der Waals surface area contributed by atoms with Crippen LogP contribution in [0.15, 0.2) is 11.6 Å². The summed E-state index contributed by atoms with van der Waals surface area (Å²) in [5.41, 5.74) is 2.83. The van der Waals surface area contributed by atoms with Gasteiger partial charge in [-0.05, 0) is 110 Å². The predicted octanol–water partition coefficient (Wildman–Crippen LogP) is 7.88. The summed E-state index contributed by atoms with van der Waals surface area (Å²) in [5.74, 6) is 6.26. The molecule has 0 aromatic carbocycles. The second-order valence-corrected chi connectivity index (χ2v) is 13.0. The van der Waals surface area contributed by atoms with Crippen LogP contribution in [-0.4, -0.2) is 11.2 Å². The Labute approximate surface area is 187 Å². The van der Waals surface area contributed by atoms with E-state index in [1.54, 1.807) is 0 Å². The van der Waals surface area contributed by atoms with Crippen molar-refractivity contribution in [3.63, 3.8) is 0 Å². The Morgan fingerprint density at radius 3 is 2.33 bits per heavy atom. The molecule has 0 heterocycles. The van der Waals surface area contributed by atoms with Gasteiger partial charge in [0.1, 0.15) is 0 Å². The van der Waals surface area contributed by atoms with Crippen molar-refractivity contribution in [2.45, 2.75) is 112 Å². The molecule has 10 atom stereocenters. The standard InChI is InChI=1S/C29H50O/c1-8-21(18(2)3)17-19(4)23-11-12-25-22-9-10-24-20(5)27(30)14-16-29(24,7)26(22)13-15-28(23,25)6/h9,18-21,23-27,30H,8,10-17H2,1-7H3. The van der Waals surface area contributed by atoms with Crippen LogP contribution in [0.5, 0.6) is 0 Å². The van der Waals surface area contributed by atoms with Crippen LogP contribution in [0.2, 0.25) is 0 Å². The van der Waals surface area contributed by atoms with Crippen LogP contribution in [0, 0.1) is 58.2 Å². The fraction of sp³-hybridized carbons (Fsp3) is 0.931. The molecular formula is C29H50O. The summed E-state index contributed by atoms with van der Waals surface area (Å²) in [6.07, 6.45) is 14.6. The molecule has 1 N–H and O–H groups in total.